The molecule has 0 saturated heterocycles. The number of ether oxygens (including phenoxy) is 1. The predicted molar refractivity (Wildman–Crippen MR) is 107 cm³/mol. The average molecular weight is 382 g/mol. The highest BCUT2D eigenvalue weighted by molar-refractivity contribution is 6.31. The van der Waals surface area contributed by atoms with Crippen molar-refractivity contribution in [3.63, 3.8) is 0 Å². The standard InChI is InChI=1S/C21H20ClN3O2/c1-27-18-9-6-15(7-10-18)12-23-17-8-11-20(24-14-17)21(26)25-13-16-4-2-3-5-19(16)22/h2-11,14,23H,12-13H2,1H3,(H,25,26). The molecule has 0 fully saturated rings. The lowest BCUT2D eigenvalue weighted by atomic mass is 10.2. The highest BCUT2D eigenvalue weighted by atomic mass is 35.5. The lowest BCUT2D eigenvalue weighted by molar-refractivity contribution is 0.0946. The van der Waals surface area contributed by atoms with Gasteiger partial charge in [0, 0.05) is 18.1 Å². The molecule has 5 nitrogen and oxygen atoms in total. The van der Waals surface area contributed by atoms with Gasteiger partial charge in [0.2, 0.25) is 0 Å². The summed E-state index contributed by atoms with van der Waals surface area (Å²) in [5.74, 6) is 0.587. The van der Waals surface area contributed by atoms with Crippen molar-refractivity contribution in [1.82, 2.24) is 10.3 Å². The van der Waals surface area contributed by atoms with Crippen LogP contribution in [-0.2, 0) is 13.1 Å². The molecule has 0 aliphatic rings. The van der Waals surface area contributed by atoms with Gasteiger partial charge in [0.15, 0.2) is 0 Å². The number of pyridine rings is 1. The molecule has 1 heterocycles. The zero-order valence-corrected chi connectivity index (χ0v) is 15.7. The first kappa shape index (κ1) is 18.7. The van der Waals surface area contributed by atoms with Crippen LogP contribution in [0.3, 0.4) is 0 Å². The largest absolute Gasteiger partial charge is 0.497 e. The lowest BCUT2D eigenvalue weighted by Crippen LogP contribution is -2.23. The third-order valence-electron chi connectivity index (χ3n) is 4.05. The van der Waals surface area contributed by atoms with Gasteiger partial charge in [-0.2, -0.15) is 0 Å². The molecular formula is C21H20ClN3O2. The Hall–Kier alpha value is -3.05. The maximum absolute atomic E-state index is 12.2. The van der Waals surface area contributed by atoms with Crippen molar-refractivity contribution in [1.29, 1.82) is 0 Å². The molecular weight excluding hydrogens is 362 g/mol. The smallest absolute Gasteiger partial charge is 0.270 e. The van der Waals surface area contributed by atoms with E-state index in [-0.39, 0.29) is 5.91 Å². The molecule has 3 rings (SSSR count). The molecule has 138 valence electrons. The van der Waals surface area contributed by atoms with Crippen molar-refractivity contribution < 1.29 is 9.53 Å². The van der Waals surface area contributed by atoms with Gasteiger partial charge in [-0.1, -0.05) is 41.9 Å². The number of carbonyl (C=O) groups excluding carboxylic acids is 1. The van der Waals surface area contributed by atoms with Crippen molar-refractivity contribution in [2.45, 2.75) is 13.1 Å². The molecule has 2 aromatic carbocycles. The maximum atomic E-state index is 12.2. The molecule has 0 spiro atoms. The first-order chi connectivity index (χ1) is 13.2. The third kappa shape index (κ3) is 5.21. The minimum atomic E-state index is -0.239. The van der Waals surface area contributed by atoms with Gasteiger partial charge in [-0.05, 0) is 41.5 Å². The van der Waals surface area contributed by atoms with Crippen LogP contribution in [-0.4, -0.2) is 18.0 Å². The van der Waals surface area contributed by atoms with E-state index >= 15 is 0 Å². The van der Waals surface area contributed by atoms with Crippen molar-refractivity contribution in [3.05, 3.63) is 88.7 Å². The van der Waals surface area contributed by atoms with E-state index < -0.39 is 0 Å². The summed E-state index contributed by atoms with van der Waals surface area (Å²) in [7, 11) is 1.64. The fourth-order valence-electron chi connectivity index (χ4n) is 2.49. The SMILES string of the molecule is COc1ccc(CNc2ccc(C(=O)NCc3ccccc3Cl)nc2)cc1. The van der Waals surface area contributed by atoms with Crippen molar-refractivity contribution >= 4 is 23.2 Å². The van der Waals surface area contributed by atoms with Crippen LogP contribution in [0.4, 0.5) is 5.69 Å². The Balaban J connectivity index is 1.53. The molecule has 0 aliphatic heterocycles. The number of hydrogen-bond acceptors (Lipinski definition) is 4. The zero-order valence-electron chi connectivity index (χ0n) is 14.9. The van der Waals surface area contributed by atoms with E-state index in [1.165, 1.54) is 0 Å². The first-order valence-electron chi connectivity index (χ1n) is 8.50. The van der Waals surface area contributed by atoms with Gasteiger partial charge in [0.25, 0.3) is 5.91 Å². The number of rotatable bonds is 7. The lowest BCUT2D eigenvalue weighted by Gasteiger charge is -2.09. The van der Waals surface area contributed by atoms with Gasteiger partial charge in [0.1, 0.15) is 11.4 Å². The van der Waals surface area contributed by atoms with Crippen LogP contribution in [0.15, 0.2) is 66.9 Å². The van der Waals surface area contributed by atoms with E-state index in [9.17, 15) is 4.79 Å². The monoisotopic (exact) mass is 381 g/mol. The number of methoxy groups -OCH3 is 1. The summed E-state index contributed by atoms with van der Waals surface area (Å²) in [5.41, 5.74) is 3.19. The number of anilines is 1. The van der Waals surface area contributed by atoms with Gasteiger partial charge in [-0.15, -0.1) is 0 Å². The molecule has 2 N–H and O–H groups in total. The Morgan fingerprint density at radius 1 is 1.04 bits per heavy atom. The van der Waals surface area contributed by atoms with Crippen molar-refractivity contribution in [3.8, 4) is 5.75 Å². The van der Waals surface area contributed by atoms with E-state index in [0.717, 1.165) is 22.6 Å². The summed E-state index contributed by atoms with van der Waals surface area (Å²) in [6.45, 7) is 1.02. The van der Waals surface area contributed by atoms with Crippen LogP contribution < -0.4 is 15.4 Å². The number of carbonyl (C=O) groups is 1. The molecule has 0 atom stereocenters. The molecule has 0 bridgehead atoms. The van der Waals surface area contributed by atoms with Crippen molar-refractivity contribution in [2.24, 2.45) is 0 Å². The number of nitrogens with zero attached hydrogens (tertiary/aromatic N) is 1. The number of nitrogens with one attached hydrogen (secondary N) is 2. The minimum absolute atomic E-state index is 0.239. The highest BCUT2D eigenvalue weighted by Gasteiger charge is 2.08. The van der Waals surface area contributed by atoms with Crippen molar-refractivity contribution in [2.75, 3.05) is 12.4 Å². The summed E-state index contributed by atoms with van der Waals surface area (Å²) < 4.78 is 5.15. The molecule has 0 radical (unpaired) electrons. The van der Waals surface area contributed by atoms with E-state index in [2.05, 4.69) is 15.6 Å². The molecule has 6 heteroatoms. The summed E-state index contributed by atoms with van der Waals surface area (Å²) in [4.78, 5) is 16.5. The quantitative estimate of drug-likeness (QED) is 0.641. The minimum Gasteiger partial charge on any atom is -0.497 e. The number of aromatic nitrogens is 1. The topological polar surface area (TPSA) is 63.2 Å². The molecule has 0 unspecified atom stereocenters. The second kappa shape index (κ2) is 9.05. The Bertz CT molecular complexity index is 896. The average Bonchev–Trinajstić information content (AvgIpc) is 2.72. The molecule has 3 aromatic rings. The summed E-state index contributed by atoms with van der Waals surface area (Å²) in [5, 5.41) is 6.73. The fourth-order valence-corrected chi connectivity index (χ4v) is 2.69. The van der Waals surface area contributed by atoms with Gasteiger partial charge >= 0.3 is 0 Å². The van der Waals surface area contributed by atoms with Gasteiger partial charge in [-0.25, -0.2) is 4.98 Å². The molecule has 1 aromatic heterocycles. The van der Waals surface area contributed by atoms with E-state index in [0.29, 0.717) is 23.8 Å². The summed E-state index contributed by atoms with van der Waals surface area (Å²) >= 11 is 6.09. The first-order valence-corrected chi connectivity index (χ1v) is 8.88. The second-order valence-corrected chi connectivity index (χ2v) is 6.32. The predicted octanol–water partition coefficient (Wildman–Crippen LogP) is 4.29. The van der Waals surface area contributed by atoms with Crippen LogP contribution in [0.2, 0.25) is 5.02 Å². The van der Waals surface area contributed by atoms with Gasteiger partial charge in [-0.3, -0.25) is 4.79 Å². The Morgan fingerprint density at radius 2 is 1.81 bits per heavy atom. The van der Waals surface area contributed by atoms with E-state index in [4.69, 9.17) is 16.3 Å². The maximum Gasteiger partial charge on any atom is 0.270 e. The second-order valence-electron chi connectivity index (χ2n) is 5.91. The van der Waals surface area contributed by atoms with Gasteiger partial charge < -0.3 is 15.4 Å². The zero-order chi connectivity index (χ0) is 19.1. The molecule has 0 saturated carbocycles. The third-order valence-corrected chi connectivity index (χ3v) is 4.42. The Labute approximate surface area is 163 Å². The van der Waals surface area contributed by atoms with E-state index in [1.807, 2.05) is 48.5 Å². The van der Waals surface area contributed by atoms with Crippen LogP contribution in [0, 0.1) is 0 Å². The number of halogens is 1. The van der Waals surface area contributed by atoms with Crippen LogP contribution in [0.1, 0.15) is 21.6 Å². The molecule has 27 heavy (non-hydrogen) atoms. The number of benzene rings is 2. The Kier molecular flexibility index (Phi) is 6.28. The molecule has 1 amide bonds. The Morgan fingerprint density at radius 3 is 2.48 bits per heavy atom. The van der Waals surface area contributed by atoms with E-state index in [1.54, 1.807) is 25.4 Å². The van der Waals surface area contributed by atoms with Crippen LogP contribution in [0.5, 0.6) is 5.75 Å². The number of hydrogen-bond donors (Lipinski definition) is 2. The van der Waals surface area contributed by atoms with Crippen LogP contribution in [0.25, 0.3) is 0 Å². The normalized spacial score (nSPS) is 10.3. The van der Waals surface area contributed by atoms with Gasteiger partial charge in [0.05, 0.1) is 19.0 Å². The fraction of sp³-hybridized carbons (Fsp3) is 0.143. The summed E-state index contributed by atoms with van der Waals surface area (Å²) in [6, 6.07) is 18.8. The highest BCUT2D eigenvalue weighted by Crippen LogP contribution is 2.15. The molecule has 0 aliphatic carbocycles. The summed E-state index contributed by atoms with van der Waals surface area (Å²) in [6.07, 6.45) is 1.65. The van der Waals surface area contributed by atoms with Crippen LogP contribution >= 0.6 is 11.6 Å². The number of amides is 1.